The van der Waals surface area contributed by atoms with Crippen LogP contribution in [0.1, 0.15) is 39.5 Å². The van der Waals surface area contributed by atoms with E-state index in [-0.39, 0.29) is 24.2 Å². The molecule has 0 aliphatic heterocycles. The molecular weight excluding hydrogens is 194 g/mol. The van der Waals surface area contributed by atoms with E-state index in [0.29, 0.717) is 0 Å². The van der Waals surface area contributed by atoms with Crippen molar-refractivity contribution in [3.05, 3.63) is 0 Å². The molecule has 0 aliphatic carbocycles. The second kappa shape index (κ2) is 8.08. The SMILES string of the molecule is CCCCC(CC)C(=O)NC/C(N)=N/O. The molecule has 0 radical (unpaired) electrons. The Morgan fingerprint density at radius 1 is 1.53 bits per heavy atom. The second-order valence-corrected chi connectivity index (χ2v) is 3.56. The number of amidine groups is 1. The van der Waals surface area contributed by atoms with Crippen LogP contribution in [0, 0.1) is 5.92 Å². The van der Waals surface area contributed by atoms with Crippen molar-refractivity contribution in [1.82, 2.24) is 5.32 Å². The number of carbonyl (C=O) groups is 1. The van der Waals surface area contributed by atoms with E-state index >= 15 is 0 Å². The third-order valence-corrected chi connectivity index (χ3v) is 2.34. The van der Waals surface area contributed by atoms with Gasteiger partial charge in [-0.25, -0.2) is 0 Å². The predicted molar refractivity (Wildman–Crippen MR) is 59.7 cm³/mol. The molecule has 0 aromatic carbocycles. The fourth-order valence-electron chi connectivity index (χ4n) is 1.33. The molecule has 1 amide bonds. The highest BCUT2D eigenvalue weighted by Gasteiger charge is 2.15. The highest BCUT2D eigenvalue weighted by atomic mass is 16.4. The summed E-state index contributed by atoms with van der Waals surface area (Å²) < 4.78 is 0. The summed E-state index contributed by atoms with van der Waals surface area (Å²) in [5.74, 6) is 0.0442. The van der Waals surface area contributed by atoms with E-state index in [1.807, 2.05) is 6.92 Å². The Kier molecular flexibility index (Phi) is 7.40. The van der Waals surface area contributed by atoms with Crippen LogP contribution in [0.2, 0.25) is 0 Å². The number of nitrogens with two attached hydrogens (primary N) is 1. The van der Waals surface area contributed by atoms with E-state index in [4.69, 9.17) is 10.9 Å². The summed E-state index contributed by atoms with van der Waals surface area (Å²) in [6, 6.07) is 0. The van der Waals surface area contributed by atoms with Crippen LogP contribution in [0.5, 0.6) is 0 Å². The summed E-state index contributed by atoms with van der Waals surface area (Å²) >= 11 is 0. The highest BCUT2D eigenvalue weighted by Crippen LogP contribution is 2.12. The smallest absolute Gasteiger partial charge is 0.223 e. The minimum atomic E-state index is -0.0162. The zero-order valence-electron chi connectivity index (χ0n) is 9.49. The van der Waals surface area contributed by atoms with Crippen LogP contribution in [-0.4, -0.2) is 23.5 Å². The normalized spacial score (nSPS) is 13.6. The van der Waals surface area contributed by atoms with Gasteiger partial charge in [0.05, 0.1) is 6.54 Å². The lowest BCUT2D eigenvalue weighted by molar-refractivity contribution is -0.125. The average Bonchev–Trinajstić information content (AvgIpc) is 2.26. The highest BCUT2D eigenvalue weighted by molar-refractivity contribution is 5.87. The lowest BCUT2D eigenvalue weighted by atomic mass is 9.98. The number of nitrogens with one attached hydrogen (secondary N) is 1. The number of hydrogen-bond donors (Lipinski definition) is 3. The van der Waals surface area contributed by atoms with E-state index < -0.39 is 0 Å². The number of nitrogens with zero attached hydrogens (tertiary/aromatic N) is 1. The number of carbonyl (C=O) groups excluding carboxylic acids is 1. The third kappa shape index (κ3) is 5.93. The molecule has 0 fully saturated rings. The second-order valence-electron chi connectivity index (χ2n) is 3.56. The monoisotopic (exact) mass is 215 g/mol. The van der Waals surface area contributed by atoms with E-state index in [2.05, 4.69) is 17.4 Å². The molecule has 1 unspecified atom stereocenters. The molecule has 4 N–H and O–H groups in total. The molecule has 0 bridgehead atoms. The van der Waals surface area contributed by atoms with Crippen LogP contribution in [0.25, 0.3) is 0 Å². The minimum Gasteiger partial charge on any atom is -0.409 e. The standard InChI is InChI=1S/C10H21N3O2/c1-3-5-6-8(4-2)10(14)12-7-9(11)13-15/h8,15H,3-7H2,1-2H3,(H2,11,13)(H,12,14). The first-order valence-corrected chi connectivity index (χ1v) is 5.39. The van der Waals surface area contributed by atoms with Crippen LogP contribution in [-0.2, 0) is 4.79 Å². The van der Waals surface area contributed by atoms with Gasteiger partial charge in [-0.3, -0.25) is 4.79 Å². The average molecular weight is 215 g/mol. The number of oxime groups is 1. The summed E-state index contributed by atoms with van der Waals surface area (Å²) in [5, 5.41) is 13.7. The van der Waals surface area contributed by atoms with Crippen molar-refractivity contribution in [2.24, 2.45) is 16.8 Å². The maximum atomic E-state index is 11.6. The Bertz CT molecular complexity index is 217. The zero-order valence-corrected chi connectivity index (χ0v) is 9.49. The maximum absolute atomic E-state index is 11.6. The van der Waals surface area contributed by atoms with Gasteiger partial charge in [-0.2, -0.15) is 0 Å². The van der Waals surface area contributed by atoms with E-state index in [0.717, 1.165) is 25.7 Å². The number of unbranched alkanes of at least 4 members (excludes halogenated alkanes) is 1. The van der Waals surface area contributed by atoms with Gasteiger partial charge in [0.15, 0.2) is 5.84 Å². The van der Waals surface area contributed by atoms with Gasteiger partial charge in [-0.1, -0.05) is 31.8 Å². The van der Waals surface area contributed by atoms with Crippen molar-refractivity contribution in [2.45, 2.75) is 39.5 Å². The molecule has 15 heavy (non-hydrogen) atoms. The fourth-order valence-corrected chi connectivity index (χ4v) is 1.33. The van der Waals surface area contributed by atoms with Crippen LogP contribution in [0.4, 0.5) is 0 Å². The molecule has 0 aromatic heterocycles. The Morgan fingerprint density at radius 2 is 2.20 bits per heavy atom. The van der Waals surface area contributed by atoms with Gasteiger partial charge in [0.2, 0.25) is 5.91 Å². The largest absolute Gasteiger partial charge is 0.409 e. The molecule has 0 spiro atoms. The van der Waals surface area contributed by atoms with Crippen LogP contribution >= 0.6 is 0 Å². The van der Waals surface area contributed by atoms with Gasteiger partial charge >= 0.3 is 0 Å². The predicted octanol–water partition coefficient (Wildman–Crippen LogP) is 1.07. The third-order valence-electron chi connectivity index (χ3n) is 2.34. The van der Waals surface area contributed by atoms with Crippen LogP contribution < -0.4 is 11.1 Å². The van der Waals surface area contributed by atoms with Crippen molar-refractivity contribution in [3.63, 3.8) is 0 Å². The zero-order chi connectivity index (χ0) is 11.7. The van der Waals surface area contributed by atoms with Crippen LogP contribution in [0.3, 0.4) is 0 Å². The van der Waals surface area contributed by atoms with Gasteiger partial charge < -0.3 is 16.3 Å². The van der Waals surface area contributed by atoms with E-state index in [1.54, 1.807) is 0 Å². The number of hydrogen-bond acceptors (Lipinski definition) is 3. The van der Waals surface area contributed by atoms with E-state index in [1.165, 1.54) is 0 Å². The van der Waals surface area contributed by atoms with E-state index in [9.17, 15) is 4.79 Å². The summed E-state index contributed by atoms with van der Waals surface area (Å²) in [7, 11) is 0. The first kappa shape index (κ1) is 13.7. The molecule has 0 aromatic rings. The lowest BCUT2D eigenvalue weighted by Crippen LogP contribution is -2.37. The first-order valence-electron chi connectivity index (χ1n) is 5.39. The van der Waals surface area contributed by atoms with Gasteiger partial charge in [-0.05, 0) is 12.8 Å². The Labute approximate surface area is 90.7 Å². The molecular formula is C10H21N3O2. The van der Waals surface area contributed by atoms with Crippen molar-refractivity contribution in [1.29, 1.82) is 0 Å². The van der Waals surface area contributed by atoms with Crippen molar-refractivity contribution in [3.8, 4) is 0 Å². The van der Waals surface area contributed by atoms with Crippen LogP contribution in [0.15, 0.2) is 5.16 Å². The van der Waals surface area contributed by atoms with Gasteiger partial charge in [0, 0.05) is 5.92 Å². The molecule has 0 rings (SSSR count). The van der Waals surface area contributed by atoms with Crippen molar-refractivity contribution >= 4 is 11.7 Å². The summed E-state index contributed by atoms with van der Waals surface area (Å²) in [5.41, 5.74) is 5.25. The first-order chi connectivity index (χ1) is 7.15. The molecule has 0 saturated carbocycles. The Morgan fingerprint density at radius 3 is 2.67 bits per heavy atom. The fraction of sp³-hybridized carbons (Fsp3) is 0.800. The summed E-state index contributed by atoms with van der Waals surface area (Å²) in [6.07, 6.45) is 3.86. The van der Waals surface area contributed by atoms with Gasteiger partial charge in [0.25, 0.3) is 0 Å². The lowest BCUT2D eigenvalue weighted by Gasteiger charge is -2.13. The summed E-state index contributed by atoms with van der Waals surface area (Å²) in [4.78, 5) is 11.6. The Hall–Kier alpha value is -1.26. The molecule has 88 valence electrons. The number of rotatable bonds is 7. The molecule has 1 atom stereocenters. The van der Waals surface area contributed by atoms with Crippen molar-refractivity contribution in [2.75, 3.05) is 6.54 Å². The summed E-state index contributed by atoms with van der Waals surface area (Å²) in [6.45, 7) is 4.20. The number of amides is 1. The minimum absolute atomic E-state index is 0.0162. The molecule has 5 nitrogen and oxygen atoms in total. The molecule has 5 heteroatoms. The maximum Gasteiger partial charge on any atom is 0.223 e. The molecule has 0 aliphatic rings. The molecule has 0 heterocycles. The Balaban J connectivity index is 3.93. The van der Waals surface area contributed by atoms with Crippen molar-refractivity contribution < 1.29 is 10.0 Å². The van der Waals surface area contributed by atoms with Gasteiger partial charge in [0.1, 0.15) is 0 Å². The van der Waals surface area contributed by atoms with Gasteiger partial charge in [-0.15, -0.1) is 0 Å². The topological polar surface area (TPSA) is 87.7 Å². The molecule has 0 saturated heterocycles. The quantitative estimate of drug-likeness (QED) is 0.257.